The van der Waals surface area contributed by atoms with Crippen LogP contribution in [0, 0.1) is 0 Å². The van der Waals surface area contributed by atoms with Gasteiger partial charge in [0.15, 0.2) is 0 Å². The number of thioether (sulfide) groups is 1. The highest BCUT2D eigenvalue weighted by Gasteiger charge is 2.31. The molecule has 1 aromatic heterocycles. The van der Waals surface area contributed by atoms with Crippen LogP contribution < -0.4 is 14.4 Å². The van der Waals surface area contributed by atoms with Gasteiger partial charge in [-0.25, -0.2) is 0 Å². The Balaban J connectivity index is 1.31. The number of para-hydroxylation sites is 2. The molecule has 0 saturated heterocycles. The zero-order valence-corrected chi connectivity index (χ0v) is 28.9. The van der Waals surface area contributed by atoms with Gasteiger partial charge in [0.25, 0.3) is 5.01 Å². The zero-order chi connectivity index (χ0) is 31.6. The SMILES string of the molecule is CCN1/C(=C\C=C2/CC=C(/C=C/c3sc4ccc(Cl)cc4[n+]3CC)C2N(c2ccccc2)c2ccccc2)Sc2ccc(Cl)cc21. The lowest BCUT2D eigenvalue weighted by molar-refractivity contribution is -0.665. The van der Waals surface area contributed by atoms with Crippen molar-refractivity contribution in [2.45, 2.75) is 37.8 Å². The molecule has 3 nitrogen and oxygen atoms in total. The fraction of sp³-hybridized carbons (Fsp3) is 0.154. The lowest BCUT2D eigenvalue weighted by atomic mass is 10.00. The minimum Gasteiger partial charge on any atom is -0.335 e. The van der Waals surface area contributed by atoms with Crippen LogP contribution in [-0.4, -0.2) is 12.6 Å². The van der Waals surface area contributed by atoms with Crippen LogP contribution in [0.25, 0.3) is 16.3 Å². The molecule has 0 saturated carbocycles. The Kier molecular flexibility index (Phi) is 9.10. The number of thiazole rings is 1. The van der Waals surface area contributed by atoms with Crippen LogP contribution >= 0.6 is 46.3 Å². The number of aryl methyl sites for hydroxylation is 1. The molecule has 5 aromatic rings. The third kappa shape index (κ3) is 6.05. The molecule has 0 N–H and O–H groups in total. The highest BCUT2D eigenvalue weighted by atomic mass is 35.5. The molecule has 7 heteroatoms. The molecule has 46 heavy (non-hydrogen) atoms. The summed E-state index contributed by atoms with van der Waals surface area (Å²) in [6.45, 7) is 6.14. The summed E-state index contributed by atoms with van der Waals surface area (Å²) in [5.74, 6) is 0. The van der Waals surface area contributed by atoms with E-state index in [2.05, 4.69) is 144 Å². The van der Waals surface area contributed by atoms with Gasteiger partial charge >= 0.3 is 0 Å². The van der Waals surface area contributed by atoms with Crippen LogP contribution in [0.2, 0.25) is 10.0 Å². The van der Waals surface area contributed by atoms with Crippen LogP contribution in [0.1, 0.15) is 25.3 Å². The van der Waals surface area contributed by atoms with E-state index >= 15 is 0 Å². The number of hydrogen-bond acceptors (Lipinski definition) is 4. The average Bonchev–Trinajstić information content (AvgIpc) is 3.75. The first-order chi connectivity index (χ1) is 22.5. The van der Waals surface area contributed by atoms with Gasteiger partial charge < -0.3 is 9.80 Å². The second-order valence-corrected chi connectivity index (χ2v) is 14.2. The number of rotatable bonds is 8. The predicted octanol–water partition coefficient (Wildman–Crippen LogP) is 11.5. The Morgan fingerprint density at radius 2 is 1.54 bits per heavy atom. The van der Waals surface area contributed by atoms with E-state index in [1.165, 1.54) is 42.0 Å². The normalized spacial score (nSPS) is 17.9. The maximum Gasteiger partial charge on any atom is 0.262 e. The number of fused-ring (bicyclic) bond motifs is 2. The van der Waals surface area contributed by atoms with E-state index in [0.29, 0.717) is 0 Å². The molecule has 0 bridgehead atoms. The Bertz CT molecular complexity index is 1970. The van der Waals surface area contributed by atoms with E-state index < -0.39 is 0 Å². The first-order valence-corrected chi connectivity index (χ1v) is 18.0. The van der Waals surface area contributed by atoms with Gasteiger partial charge in [-0.05, 0) is 98.2 Å². The summed E-state index contributed by atoms with van der Waals surface area (Å²) < 4.78 is 3.59. The van der Waals surface area contributed by atoms with Crippen LogP contribution in [0.5, 0.6) is 0 Å². The molecule has 0 fully saturated rings. The van der Waals surface area contributed by atoms with Crippen molar-refractivity contribution in [2.75, 3.05) is 16.3 Å². The number of nitrogens with zero attached hydrogens (tertiary/aromatic N) is 3. The summed E-state index contributed by atoms with van der Waals surface area (Å²) in [5.41, 5.74) is 7.29. The highest BCUT2D eigenvalue weighted by Crippen LogP contribution is 2.47. The summed E-state index contributed by atoms with van der Waals surface area (Å²) in [5, 5.41) is 3.96. The molecular formula is C39H34Cl2N3S2+. The van der Waals surface area contributed by atoms with Gasteiger partial charge in [-0.1, -0.05) is 94.9 Å². The standard InChI is InChI=1S/C39H34Cl2N3S2/c1-3-42-33-25-29(40)19-21-35(33)45-37(42)23-17-27-15-16-28(18-24-38-43(4-2)34-26-30(41)20-22-36(34)46-38)39(27)44(31-11-7-5-8-12-31)32-13-9-6-10-14-32/h5-15,17-26,39H,3-4,16H2,1-2H3/q+1/b23-17+,28-18+,38-24+. The molecule has 1 unspecified atom stereocenters. The first kappa shape index (κ1) is 30.9. The third-order valence-electron chi connectivity index (χ3n) is 8.44. The van der Waals surface area contributed by atoms with Gasteiger partial charge in [0.2, 0.25) is 5.52 Å². The van der Waals surface area contributed by atoms with Crippen molar-refractivity contribution < 1.29 is 4.57 Å². The maximum atomic E-state index is 6.39. The largest absolute Gasteiger partial charge is 0.335 e. The van der Waals surface area contributed by atoms with E-state index in [1.807, 2.05) is 23.9 Å². The topological polar surface area (TPSA) is 10.4 Å². The molecule has 0 radical (unpaired) electrons. The molecule has 1 atom stereocenters. The van der Waals surface area contributed by atoms with Crippen LogP contribution in [0.4, 0.5) is 17.1 Å². The lowest BCUT2D eigenvalue weighted by Gasteiger charge is -2.34. The Hall–Kier alpha value is -3.74. The number of benzene rings is 4. The molecule has 1 aliphatic carbocycles. The maximum absolute atomic E-state index is 6.39. The molecule has 0 amide bonds. The molecule has 2 heterocycles. The third-order valence-corrected chi connectivity index (χ3v) is 11.2. The quantitative estimate of drug-likeness (QED) is 0.151. The first-order valence-electron chi connectivity index (χ1n) is 15.6. The van der Waals surface area contributed by atoms with E-state index in [1.54, 1.807) is 11.3 Å². The van der Waals surface area contributed by atoms with Gasteiger partial charge in [-0.3, -0.25) is 0 Å². The van der Waals surface area contributed by atoms with Crippen molar-refractivity contribution in [3.63, 3.8) is 0 Å². The highest BCUT2D eigenvalue weighted by molar-refractivity contribution is 8.03. The van der Waals surface area contributed by atoms with Crippen LogP contribution in [0.3, 0.4) is 0 Å². The minimum atomic E-state index is 0.0232. The molecule has 1 aliphatic heterocycles. The fourth-order valence-corrected chi connectivity index (χ4v) is 8.88. The number of halogens is 2. The van der Waals surface area contributed by atoms with Crippen molar-refractivity contribution in [3.05, 3.63) is 153 Å². The summed E-state index contributed by atoms with van der Waals surface area (Å²) >= 11 is 16.4. The van der Waals surface area contributed by atoms with E-state index in [4.69, 9.17) is 23.2 Å². The van der Waals surface area contributed by atoms with Gasteiger partial charge in [0.05, 0.1) is 16.8 Å². The fourth-order valence-electron chi connectivity index (χ4n) is 6.33. The van der Waals surface area contributed by atoms with Gasteiger partial charge in [0, 0.05) is 45.0 Å². The molecule has 2 aliphatic rings. The van der Waals surface area contributed by atoms with E-state index in [0.717, 1.165) is 40.9 Å². The van der Waals surface area contributed by atoms with Crippen molar-refractivity contribution >= 4 is 79.7 Å². The zero-order valence-electron chi connectivity index (χ0n) is 25.7. The number of allylic oxidation sites excluding steroid dienone is 3. The Labute approximate surface area is 289 Å². The smallest absolute Gasteiger partial charge is 0.262 e. The summed E-state index contributed by atoms with van der Waals surface area (Å²) in [7, 11) is 0. The predicted molar refractivity (Wildman–Crippen MR) is 200 cm³/mol. The minimum absolute atomic E-state index is 0.0232. The van der Waals surface area contributed by atoms with Crippen molar-refractivity contribution in [3.8, 4) is 0 Å². The Morgan fingerprint density at radius 3 is 2.24 bits per heavy atom. The van der Waals surface area contributed by atoms with E-state index in [9.17, 15) is 0 Å². The van der Waals surface area contributed by atoms with Crippen molar-refractivity contribution in [1.29, 1.82) is 0 Å². The second kappa shape index (κ2) is 13.5. The van der Waals surface area contributed by atoms with Crippen molar-refractivity contribution in [1.82, 2.24) is 0 Å². The van der Waals surface area contributed by atoms with Gasteiger partial charge in [-0.2, -0.15) is 4.57 Å². The van der Waals surface area contributed by atoms with Crippen LogP contribution in [-0.2, 0) is 6.54 Å². The Morgan fingerprint density at radius 1 is 0.848 bits per heavy atom. The molecule has 7 rings (SSSR count). The summed E-state index contributed by atoms with van der Waals surface area (Å²) in [6.07, 6.45) is 12.5. The molecular weight excluding hydrogens is 645 g/mol. The summed E-state index contributed by atoms with van der Waals surface area (Å²) in [4.78, 5) is 6.06. The summed E-state index contributed by atoms with van der Waals surface area (Å²) in [6, 6.07) is 33.8. The lowest BCUT2D eigenvalue weighted by Crippen LogP contribution is -2.33. The molecule has 4 aromatic carbocycles. The number of anilines is 3. The number of hydrogen-bond donors (Lipinski definition) is 0. The second-order valence-electron chi connectivity index (χ2n) is 11.2. The van der Waals surface area contributed by atoms with Crippen LogP contribution in [0.15, 0.2) is 142 Å². The van der Waals surface area contributed by atoms with Gasteiger partial charge in [-0.15, -0.1) is 0 Å². The number of aromatic nitrogens is 1. The average molecular weight is 680 g/mol. The molecule has 230 valence electrons. The monoisotopic (exact) mass is 678 g/mol. The molecule has 0 spiro atoms. The van der Waals surface area contributed by atoms with Crippen molar-refractivity contribution in [2.24, 2.45) is 0 Å². The van der Waals surface area contributed by atoms with Gasteiger partial charge in [0.1, 0.15) is 11.2 Å². The van der Waals surface area contributed by atoms with E-state index in [-0.39, 0.29) is 6.04 Å².